The van der Waals surface area contributed by atoms with Crippen LogP contribution in [0.4, 0.5) is 0 Å². The molecule has 2 heterocycles. The number of nitrogens with zero attached hydrogens (tertiary/aromatic N) is 3. The van der Waals surface area contributed by atoms with E-state index in [0.717, 1.165) is 58.0 Å². The van der Waals surface area contributed by atoms with Crippen LogP contribution in [0.3, 0.4) is 0 Å². The van der Waals surface area contributed by atoms with Gasteiger partial charge in [0, 0.05) is 50.9 Å². The van der Waals surface area contributed by atoms with Crippen LogP contribution < -0.4 is 10.7 Å². The highest BCUT2D eigenvalue weighted by Crippen LogP contribution is 2.27. The Morgan fingerprint density at radius 2 is 1.84 bits per heavy atom. The van der Waals surface area contributed by atoms with E-state index in [9.17, 15) is 18.0 Å². The summed E-state index contributed by atoms with van der Waals surface area (Å²) in [4.78, 5) is 28.9. The van der Waals surface area contributed by atoms with Gasteiger partial charge in [-0.3, -0.25) is 9.59 Å². The molecule has 37 heavy (non-hydrogen) atoms. The van der Waals surface area contributed by atoms with E-state index in [-0.39, 0.29) is 21.9 Å². The number of aromatic nitrogens is 1. The first kappa shape index (κ1) is 27.8. The number of carbonyl (C=O) groups excluding carboxylic acids is 1. The van der Waals surface area contributed by atoms with Crippen LogP contribution in [-0.2, 0) is 17.1 Å². The van der Waals surface area contributed by atoms with Crippen LogP contribution in [0.2, 0.25) is 0 Å². The molecular formula is C28H42N4O4S. The van der Waals surface area contributed by atoms with Gasteiger partial charge < -0.3 is 14.8 Å². The van der Waals surface area contributed by atoms with Crippen molar-refractivity contribution < 1.29 is 13.2 Å². The van der Waals surface area contributed by atoms with Gasteiger partial charge in [0.25, 0.3) is 5.91 Å². The van der Waals surface area contributed by atoms with Crippen molar-refractivity contribution in [1.29, 1.82) is 0 Å². The van der Waals surface area contributed by atoms with E-state index in [1.807, 2.05) is 0 Å². The Morgan fingerprint density at radius 1 is 1.11 bits per heavy atom. The van der Waals surface area contributed by atoms with Gasteiger partial charge in [-0.1, -0.05) is 32.6 Å². The predicted octanol–water partition coefficient (Wildman–Crippen LogP) is 3.88. The zero-order valence-corrected chi connectivity index (χ0v) is 23.4. The molecule has 8 nitrogen and oxygen atoms in total. The number of amides is 1. The molecule has 1 atom stereocenters. The number of hydrogen-bond acceptors (Lipinski definition) is 5. The van der Waals surface area contributed by atoms with Crippen LogP contribution in [0, 0.1) is 0 Å². The minimum Gasteiger partial charge on any atom is -0.352 e. The number of aryl methyl sites for hydroxylation is 1. The van der Waals surface area contributed by atoms with Gasteiger partial charge >= 0.3 is 0 Å². The van der Waals surface area contributed by atoms with E-state index in [4.69, 9.17) is 0 Å². The molecule has 0 unspecified atom stereocenters. The first-order valence-corrected chi connectivity index (χ1v) is 15.3. The van der Waals surface area contributed by atoms with Crippen molar-refractivity contribution in [3.63, 3.8) is 0 Å². The number of pyridine rings is 1. The summed E-state index contributed by atoms with van der Waals surface area (Å²) in [5, 5.41) is 3.15. The summed E-state index contributed by atoms with van der Waals surface area (Å²) in [6.07, 6.45) is 12.2. The summed E-state index contributed by atoms with van der Waals surface area (Å²) in [5.41, 5.74) is 0.191. The van der Waals surface area contributed by atoms with Gasteiger partial charge in [-0.15, -0.1) is 0 Å². The van der Waals surface area contributed by atoms with Crippen molar-refractivity contribution in [3.05, 3.63) is 40.2 Å². The van der Waals surface area contributed by atoms with Gasteiger partial charge in [0.2, 0.25) is 15.5 Å². The maximum Gasteiger partial charge on any atom is 0.256 e. The molecule has 1 amide bonds. The fourth-order valence-electron chi connectivity index (χ4n) is 6.00. The van der Waals surface area contributed by atoms with Crippen molar-refractivity contribution >= 4 is 26.8 Å². The normalized spacial score (nSPS) is 19.9. The maximum atomic E-state index is 13.4. The van der Waals surface area contributed by atoms with Crippen LogP contribution in [0.15, 0.2) is 34.1 Å². The second-order valence-electron chi connectivity index (χ2n) is 10.7. The van der Waals surface area contributed by atoms with Gasteiger partial charge in [-0.2, -0.15) is 4.31 Å². The van der Waals surface area contributed by atoms with Crippen molar-refractivity contribution in [3.8, 4) is 0 Å². The number of benzene rings is 1. The minimum absolute atomic E-state index is 0.0214. The van der Waals surface area contributed by atoms with E-state index in [0.29, 0.717) is 18.1 Å². The fraction of sp³-hybridized carbons (Fsp3) is 0.643. The monoisotopic (exact) mass is 530 g/mol. The Labute approximate surface area is 221 Å². The number of nitrogens with one attached hydrogen (secondary N) is 1. The largest absolute Gasteiger partial charge is 0.352 e. The van der Waals surface area contributed by atoms with Crippen molar-refractivity contribution in [2.24, 2.45) is 7.05 Å². The van der Waals surface area contributed by atoms with E-state index in [1.165, 1.54) is 29.6 Å². The summed E-state index contributed by atoms with van der Waals surface area (Å²) in [6.45, 7) is 4.77. The highest BCUT2D eigenvalue weighted by atomic mass is 32.2. The van der Waals surface area contributed by atoms with Crippen LogP contribution in [-0.4, -0.2) is 66.9 Å². The number of carbonyl (C=O) groups is 1. The minimum atomic E-state index is -3.75. The zero-order chi connectivity index (χ0) is 26.6. The smallest absolute Gasteiger partial charge is 0.256 e. The summed E-state index contributed by atoms with van der Waals surface area (Å²) in [6, 6.07) is 5.25. The van der Waals surface area contributed by atoms with Gasteiger partial charge in [0.1, 0.15) is 5.56 Å². The van der Waals surface area contributed by atoms with Crippen molar-refractivity contribution in [2.75, 3.05) is 26.7 Å². The molecule has 1 aliphatic heterocycles. The van der Waals surface area contributed by atoms with Gasteiger partial charge in [-0.25, -0.2) is 8.42 Å². The lowest BCUT2D eigenvalue weighted by molar-refractivity contribution is 0.0945. The zero-order valence-electron chi connectivity index (χ0n) is 22.5. The van der Waals surface area contributed by atoms with Gasteiger partial charge in [0.05, 0.1) is 10.4 Å². The van der Waals surface area contributed by atoms with Gasteiger partial charge in [-0.05, 0) is 63.3 Å². The molecule has 9 heteroatoms. The van der Waals surface area contributed by atoms with E-state index in [2.05, 4.69) is 17.1 Å². The van der Waals surface area contributed by atoms with Gasteiger partial charge in [0.15, 0.2) is 0 Å². The summed E-state index contributed by atoms with van der Waals surface area (Å²) in [7, 11) is -0.353. The topological polar surface area (TPSA) is 91.7 Å². The number of hydrogen-bond donors (Lipinski definition) is 1. The van der Waals surface area contributed by atoms with E-state index < -0.39 is 21.4 Å². The summed E-state index contributed by atoms with van der Waals surface area (Å²) >= 11 is 0. The molecule has 1 saturated heterocycles. The van der Waals surface area contributed by atoms with Crippen LogP contribution >= 0.6 is 0 Å². The van der Waals surface area contributed by atoms with Crippen molar-refractivity contribution in [1.82, 2.24) is 19.1 Å². The number of rotatable bonds is 9. The molecule has 2 aliphatic rings. The molecule has 1 N–H and O–H groups in total. The number of fused-ring (bicyclic) bond motifs is 1. The molecule has 2 fully saturated rings. The van der Waals surface area contributed by atoms with E-state index in [1.54, 1.807) is 37.0 Å². The first-order valence-electron chi connectivity index (χ1n) is 13.9. The average Bonchev–Trinajstić information content (AvgIpc) is 2.92. The van der Waals surface area contributed by atoms with Crippen LogP contribution in [0.25, 0.3) is 10.9 Å². The quantitative estimate of drug-likeness (QED) is 0.497. The predicted molar refractivity (Wildman–Crippen MR) is 147 cm³/mol. The molecule has 2 aromatic rings. The second kappa shape index (κ2) is 12.1. The molecular weight excluding hydrogens is 488 g/mol. The Balaban J connectivity index is 1.49. The first-order chi connectivity index (χ1) is 17.7. The molecule has 0 spiro atoms. The second-order valence-corrected chi connectivity index (χ2v) is 12.7. The lowest BCUT2D eigenvalue weighted by Crippen LogP contribution is -2.40. The molecule has 1 aromatic heterocycles. The molecule has 4 rings (SSSR count). The highest BCUT2D eigenvalue weighted by molar-refractivity contribution is 7.89. The standard InChI is InChI=1S/C28H42N4O4S/c1-4-21-11-8-9-17-32(21)18-10-16-29-28(34)25-20-30(2)26-15-14-23(19-24(26)27(25)33)37(35,36)31(3)22-12-6-5-7-13-22/h14-15,19-22H,4-13,16-18H2,1-3H3,(H,29,34)/t21-/m1/s1. The molecule has 204 valence electrons. The lowest BCUT2D eigenvalue weighted by Gasteiger charge is -2.35. The Morgan fingerprint density at radius 3 is 2.57 bits per heavy atom. The Hall–Kier alpha value is -2.23. The molecule has 1 aromatic carbocycles. The van der Waals surface area contributed by atoms with Crippen molar-refractivity contribution in [2.45, 2.75) is 88.1 Å². The number of piperidine rings is 1. The van der Waals surface area contributed by atoms with Crippen LogP contribution in [0.1, 0.15) is 81.5 Å². The number of likely N-dealkylation sites (tertiary alicyclic amines) is 1. The lowest BCUT2D eigenvalue weighted by atomic mass is 9.96. The SMILES string of the molecule is CC[C@@H]1CCCCN1CCCNC(=O)c1cn(C)c2ccc(S(=O)(=O)N(C)C3CCCCC3)cc2c1=O. The third-order valence-electron chi connectivity index (χ3n) is 8.30. The maximum absolute atomic E-state index is 13.4. The summed E-state index contributed by atoms with van der Waals surface area (Å²) < 4.78 is 29.9. The fourth-order valence-corrected chi connectivity index (χ4v) is 7.44. The Kier molecular flexibility index (Phi) is 9.08. The third-order valence-corrected chi connectivity index (χ3v) is 10.2. The molecule has 1 aliphatic carbocycles. The molecule has 0 bridgehead atoms. The Bertz CT molecular complexity index is 1270. The van der Waals surface area contributed by atoms with Crippen LogP contribution in [0.5, 0.6) is 0 Å². The van der Waals surface area contributed by atoms with E-state index >= 15 is 0 Å². The summed E-state index contributed by atoms with van der Waals surface area (Å²) in [5.74, 6) is -0.416. The highest BCUT2D eigenvalue weighted by Gasteiger charge is 2.29. The average molecular weight is 531 g/mol. The third kappa shape index (κ3) is 6.10. The number of sulfonamides is 1. The molecule has 1 saturated carbocycles. The molecule has 0 radical (unpaired) electrons.